The summed E-state index contributed by atoms with van der Waals surface area (Å²) in [7, 11) is 0. The summed E-state index contributed by atoms with van der Waals surface area (Å²) >= 11 is 0. The Morgan fingerprint density at radius 2 is 0.571 bits per heavy atom. The molecule has 0 spiro atoms. The number of halogens is 5. The van der Waals surface area contributed by atoms with Gasteiger partial charge >= 0.3 is 17.4 Å². The van der Waals surface area contributed by atoms with E-state index in [9.17, 15) is 0 Å². The first-order chi connectivity index (χ1) is 0. The third-order valence-corrected chi connectivity index (χ3v) is 0. The Morgan fingerprint density at radius 3 is 0.571 bits per heavy atom. The maximum absolute atomic E-state index is 0. The van der Waals surface area contributed by atoms with Gasteiger partial charge in [0.05, 0.1) is 0 Å². The van der Waals surface area contributed by atoms with Crippen molar-refractivity contribution in [2.75, 3.05) is 0 Å². The van der Waals surface area contributed by atoms with Crippen LogP contribution in [0.3, 0.4) is 0 Å². The van der Waals surface area contributed by atoms with E-state index in [1.807, 2.05) is 0 Å². The minimum atomic E-state index is 0. The molecule has 0 rings (SSSR count). The fourth-order valence-corrected chi connectivity index (χ4v) is 0. The van der Waals surface area contributed by atoms with E-state index in [1.54, 1.807) is 0 Å². The Balaban J connectivity index is 0. The van der Waals surface area contributed by atoms with Gasteiger partial charge in [-0.2, -0.15) is 13.5 Å². The van der Waals surface area contributed by atoms with Crippen LogP contribution in [-0.4, -0.2) is 17.4 Å². The summed E-state index contributed by atoms with van der Waals surface area (Å²) in [6, 6.07) is 0. The minimum absolute atomic E-state index is 0. The van der Waals surface area contributed by atoms with Crippen molar-refractivity contribution >= 4 is 55.7 Å². The van der Waals surface area contributed by atoms with Crippen molar-refractivity contribution in [1.29, 1.82) is 0 Å². The summed E-state index contributed by atoms with van der Waals surface area (Å²) in [6.07, 6.45) is 0. The molecular formula is H4AlCl5S. The van der Waals surface area contributed by atoms with Crippen LogP contribution in [0.5, 0.6) is 0 Å². The SMILES string of the molecule is Cl.Cl.S.[Al+3].[Cl-].[Cl-].[Cl-]. The second-order valence-corrected chi connectivity index (χ2v) is 0. The summed E-state index contributed by atoms with van der Waals surface area (Å²) < 4.78 is 0. The summed E-state index contributed by atoms with van der Waals surface area (Å²) in [4.78, 5) is 0. The maximum atomic E-state index is 0. The maximum Gasteiger partial charge on any atom is 3.00 e. The fraction of sp³-hybridized carbons (Fsp3) is 0. The zero-order chi connectivity index (χ0) is 0. The molecule has 0 aliphatic rings. The van der Waals surface area contributed by atoms with Crippen LogP contribution >= 0.6 is 38.3 Å². The smallest absolute Gasteiger partial charge is 1.00 e. The van der Waals surface area contributed by atoms with E-state index in [2.05, 4.69) is 0 Å². The van der Waals surface area contributed by atoms with Crippen molar-refractivity contribution in [2.24, 2.45) is 0 Å². The van der Waals surface area contributed by atoms with Crippen LogP contribution in [0.2, 0.25) is 0 Å². The molecule has 0 heterocycles. The molecule has 48 valence electrons. The van der Waals surface area contributed by atoms with Gasteiger partial charge in [-0.15, -0.1) is 24.8 Å². The van der Waals surface area contributed by atoms with Crippen LogP contribution in [0, 0.1) is 0 Å². The van der Waals surface area contributed by atoms with Gasteiger partial charge in [0.1, 0.15) is 0 Å². The molecule has 0 nitrogen and oxygen atoms in total. The van der Waals surface area contributed by atoms with Crippen LogP contribution in [0.1, 0.15) is 0 Å². The molecule has 0 fully saturated rings. The first-order valence-corrected chi connectivity index (χ1v) is 0. The average molecular weight is 240 g/mol. The molecule has 7 heteroatoms. The van der Waals surface area contributed by atoms with Crippen molar-refractivity contribution in [2.45, 2.75) is 0 Å². The predicted octanol–water partition coefficient (Wildman–Crippen LogP) is -8.41. The van der Waals surface area contributed by atoms with Gasteiger partial charge in [0.25, 0.3) is 0 Å². The Morgan fingerprint density at radius 1 is 0.571 bits per heavy atom. The average Bonchev–Trinajstić information content (AvgIpc) is 0. The van der Waals surface area contributed by atoms with Gasteiger partial charge in [-0.3, -0.25) is 0 Å². The Kier molecular flexibility index (Phi) is 1400. The number of hydrogen-bond acceptors (Lipinski definition) is 0. The zero-order valence-electron chi connectivity index (χ0n) is 3.03. The van der Waals surface area contributed by atoms with Crippen molar-refractivity contribution in [3.05, 3.63) is 0 Å². The van der Waals surface area contributed by atoms with E-state index in [1.165, 1.54) is 0 Å². The molecule has 0 aromatic heterocycles. The van der Waals surface area contributed by atoms with Crippen molar-refractivity contribution in [3.63, 3.8) is 0 Å². The van der Waals surface area contributed by atoms with Gasteiger partial charge in [-0.25, -0.2) is 0 Å². The van der Waals surface area contributed by atoms with Crippen LogP contribution in [-0.2, 0) is 0 Å². The summed E-state index contributed by atoms with van der Waals surface area (Å²) in [6.45, 7) is 0. The fourth-order valence-electron chi connectivity index (χ4n) is 0. The summed E-state index contributed by atoms with van der Waals surface area (Å²) in [5, 5.41) is 0. The molecule has 0 unspecified atom stereocenters. The first-order valence-electron chi connectivity index (χ1n) is 0. The molecule has 0 aliphatic carbocycles. The Labute approximate surface area is 92.2 Å². The van der Waals surface area contributed by atoms with Gasteiger partial charge in [0.2, 0.25) is 0 Å². The molecule has 0 saturated carbocycles. The molecular weight excluding hydrogens is 236 g/mol. The molecule has 0 amide bonds. The van der Waals surface area contributed by atoms with E-state index < -0.39 is 0 Å². The first kappa shape index (κ1) is 119. The zero-order valence-corrected chi connectivity index (χ0v) is 9.08. The second-order valence-electron chi connectivity index (χ2n) is 0. The van der Waals surface area contributed by atoms with E-state index in [0.29, 0.717) is 0 Å². The third-order valence-electron chi connectivity index (χ3n) is 0. The minimum Gasteiger partial charge on any atom is -1.00 e. The standard InChI is InChI=1S/Al.5ClH.H2S/h;5*1H;1H2/q+3;;;;;;/p-3. The van der Waals surface area contributed by atoms with Gasteiger partial charge < -0.3 is 37.2 Å². The van der Waals surface area contributed by atoms with Crippen LogP contribution in [0.25, 0.3) is 0 Å². The molecule has 0 aromatic carbocycles. The molecule has 0 aliphatic heterocycles. The normalized spacial score (nSPS) is 0. The molecule has 7 heavy (non-hydrogen) atoms. The molecule has 0 N–H and O–H groups in total. The molecule has 0 atom stereocenters. The molecule has 0 radical (unpaired) electrons. The predicted molar refractivity (Wildman–Crippen MR) is 30.6 cm³/mol. The second kappa shape index (κ2) is 82.3. The monoisotopic (exact) mass is 238 g/mol. The van der Waals surface area contributed by atoms with E-state index >= 15 is 0 Å². The largest absolute Gasteiger partial charge is 3.00 e. The molecule has 0 bridgehead atoms. The third kappa shape index (κ3) is 61.4. The van der Waals surface area contributed by atoms with Crippen LogP contribution in [0.15, 0.2) is 0 Å². The topological polar surface area (TPSA) is 0 Å². The van der Waals surface area contributed by atoms with Crippen molar-refractivity contribution in [3.8, 4) is 0 Å². The van der Waals surface area contributed by atoms with Gasteiger partial charge in [-0.05, 0) is 0 Å². The summed E-state index contributed by atoms with van der Waals surface area (Å²) in [5.74, 6) is 0. The van der Waals surface area contributed by atoms with Gasteiger partial charge in [-0.1, -0.05) is 0 Å². The Hall–Kier alpha value is 2.33. The van der Waals surface area contributed by atoms with E-state index in [0.717, 1.165) is 0 Å². The van der Waals surface area contributed by atoms with Crippen LogP contribution in [0.4, 0.5) is 0 Å². The van der Waals surface area contributed by atoms with Crippen molar-refractivity contribution < 1.29 is 37.2 Å². The van der Waals surface area contributed by atoms with E-state index in [-0.39, 0.29) is 92.9 Å². The van der Waals surface area contributed by atoms with Crippen molar-refractivity contribution in [1.82, 2.24) is 0 Å². The van der Waals surface area contributed by atoms with Gasteiger partial charge in [0.15, 0.2) is 0 Å². The number of hydrogen-bond donors (Lipinski definition) is 0. The van der Waals surface area contributed by atoms with Gasteiger partial charge in [0, 0.05) is 0 Å². The Bertz CT molecular complexity index is 8.04. The number of rotatable bonds is 0. The molecule has 0 saturated heterocycles. The van der Waals surface area contributed by atoms with E-state index in [4.69, 9.17) is 0 Å². The summed E-state index contributed by atoms with van der Waals surface area (Å²) in [5.41, 5.74) is 0. The van der Waals surface area contributed by atoms with Crippen LogP contribution < -0.4 is 37.2 Å². The molecule has 0 aromatic rings. The quantitative estimate of drug-likeness (QED) is 0.369.